The molecule has 0 amide bonds. The van der Waals surface area contributed by atoms with Crippen molar-refractivity contribution < 1.29 is 13.2 Å². The number of hydrogen-bond donors (Lipinski definition) is 1. The largest absolute Gasteiger partial charge is 0.495 e. The highest BCUT2D eigenvalue weighted by molar-refractivity contribution is 7.93. The highest BCUT2D eigenvalue weighted by Crippen LogP contribution is 2.36. The van der Waals surface area contributed by atoms with Crippen LogP contribution in [0.25, 0.3) is 0 Å². The Kier molecular flexibility index (Phi) is 3.88. The van der Waals surface area contributed by atoms with Crippen molar-refractivity contribution in [3.8, 4) is 5.75 Å². The van der Waals surface area contributed by atoms with Crippen LogP contribution in [0.3, 0.4) is 0 Å². The summed E-state index contributed by atoms with van der Waals surface area (Å²) < 4.78 is 32.7. The first kappa shape index (κ1) is 15.0. The van der Waals surface area contributed by atoms with E-state index in [4.69, 9.17) is 16.3 Å². The lowest BCUT2D eigenvalue weighted by atomic mass is 10.2. The Balaban J connectivity index is 2.14. The van der Waals surface area contributed by atoms with Crippen LogP contribution in [0.15, 0.2) is 47.4 Å². The molecule has 7 heteroatoms. The molecule has 116 valence electrons. The van der Waals surface area contributed by atoms with Crippen molar-refractivity contribution >= 4 is 33.0 Å². The van der Waals surface area contributed by atoms with Crippen LogP contribution in [-0.2, 0) is 10.0 Å². The van der Waals surface area contributed by atoms with Crippen molar-refractivity contribution in [3.05, 3.63) is 47.5 Å². The van der Waals surface area contributed by atoms with E-state index in [9.17, 15) is 8.42 Å². The van der Waals surface area contributed by atoms with Gasteiger partial charge in [0.25, 0.3) is 10.0 Å². The third-order valence-electron chi connectivity index (χ3n) is 3.50. The summed E-state index contributed by atoms with van der Waals surface area (Å²) in [6.45, 7) is 0.883. The molecule has 2 aromatic carbocycles. The van der Waals surface area contributed by atoms with Crippen molar-refractivity contribution in [1.82, 2.24) is 0 Å². The fourth-order valence-electron chi connectivity index (χ4n) is 2.47. The number of nitrogens with one attached hydrogen (secondary N) is 1. The van der Waals surface area contributed by atoms with E-state index >= 15 is 0 Å². The quantitative estimate of drug-likeness (QED) is 0.934. The van der Waals surface area contributed by atoms with Gasteiger partial charge in [-0.2, -0.15) is 0 Å². The predicted molar refractivity (Wildman–Crippen MR) is 87.5 cm³/mol. The molecule has 0 saturated heterocycles. The van der Waals surface area contributed by atoms with Gasteiger partial charge in [0.15, 0.2) is 0 Å². The molecule has 0 fully saturated rings. The number of hydrogen-bond acceptors (Lipinski definition) is 4. The Morgan fingerprint density at radius 3 is 2.77 bits per heavy atom. The first-order valence-corrected chi connectivity index (χ1v) is 8.55. The Hall–Kier alpha value is -1.92. The zero-order valence-electron chi connectivity index (χ0n) is 11.9. The smallest absolute Gasteiger partial charge is 0.268 e. The van der Waals surface area contributed by atoms with E-state index in [0.29, 0.717) is 23.8 Å². The number of ether oxygens (including phenoxy) is 1. The normalized spacial score (nSPS) is 14.2. The van der Waals surface area contributed by atoms with Crippen molar-refractivity contribution in [1.29, 1.82) is 0 Å². The molecule has 5 nitrogen and oxygen atoms in total. The molecule has 1 heterocycles. The van der Waals surface area contributed by atoms with E-state index < -0.39 is 10.0 Å². The SMILES string of the molecule is COc1ccc(Cl)cc1S(=O)(=O)N1CCNc2ccccc21. The molecule has 0 spiro atoms. The number of para-hydroxylation sites is 2. The monoisotopic (exact) mass is 338 g/mol. The fourth-order valence-corrected chi connectivity index (χ4v) is 4.38. The van der Waals surface area contributed by atoms with Gasteiger partial charge in [0.2, 0.25) is 0 Å². The number of fused-ring (bicyclic) bond motifs is 1. The van der Waals surface area contributed by atoms with Gasteiger partial charge in [0.1, 0.15) is 10.6 Å². The highest BCUT2D eigenvalue weighted by atomic mass is 35.5. The maximum atomic E-state index is 13.0. The summed E-state index contributed by atoms with van der Waals surface area (Å²) in [4.78, 5) is 0.0687. The molecule has 0 unspecified atom stereocenters. The second kappa shape index (κ2) is 5.70. The highest BCUT2D eigenvalue weighted by Gasteiger charge is 2.31. The minimum Gasteiger partial charge on any atom is -0.495 e. The van der Waals surface area contributed by atoms with Gasteiger partial charge >= 0.3 is 0 Å². The van der Waals surface area contributed by atoms with Gasteiger partial charge in [-0.05, 0) is 30.3 Å². The van der Waals surface area contributed by atoms with Crippen molar-refractivity contribution in [3.63, 3.8) is 0 Å². The topological polar surface area (TPSA) is 58.6 Å². The van der Waals surface area contributed by atoms with E-state index in [-0.39, 0.29) is 10.6 Å². The molecule has 0 atom stereocenters. The average molecular weight is 339 g/mol. The van der Waals surface area contributed by atoms with Crippen molar-refractivity contribution in [2.75, 3.05) is 29.8 Å². The second-order valence-electron chi connectivity index (χ2n) is 4.82. The summed E-state index contributed by atoms with van der Waals surface area (Å²) in [5.41, 5.74) is 1.41. The van der Waals surface area contributed by atoms with Crippen LogP contribution in [0, 0.1) is 0 Å². The zero-order chi connectivity index (χ0) is 15.7. The lowest BCUT2D eigenvalue weighted by Crippen LogP contribution is -2.38. The summed E-state index contributed by atoms with van der Waals surface area (Å²) in [5, 5.41) is 3.54. The van der Waals surface area contributed by atoms with Crippen molar-refractivity contribution in [2.45, 2.75) is 4.90 Å². The third kappa shape index (κ3) is 2.48. The standard InChI is InChI=1S/C15H15ClN2O3S/c1-21-14-7-6-11(16)10-15(14)22(19,20)18-9-8-17-12-4-2-3-5-13(12)18/h2-7,10,17H,8-9H2,1H3. The number of benzene rings is 2. The predicted octanol–water partition coefficient (Wildman–Crippen LogP) is 2.97. The van der Waals surface area contributed by atoms with Gasteiger partial charge in [-0.1, -0.05) is 23.7 Å². The van der Waals surface area contributed by atoms with Gasteiger partial charge in [0, 0.05) is 11.6 Å². The Morgan fingerprint density at radius 2 is 2.00 bits per heavy atom. The molecule has 22 heavy (non-hydrogen) atoms. The maximum absolute atomic E-state index is 13.0. The molecule has 0 saturated carbocycles. The number of sulfonamides is 1. The van der Waals surface area contributed by atoms with E-state index in [1.165, 1.54) is 17.5 Å². The van der Waals surface area contributed by atoms with E-state index in [1.54, 1.807) is 18.2 Å². The summed E-state index contributed by atoms with van der Waals surface area (Å²) in [6.07, 6.45) is 0. The molecule has 0 radical (unpaired) electrons. The van der Waals surface area contributed by atoms with Gasteiger partial charge < -0.3 is 10.1 Å². The van der Waals surface area contributed by atoms with Crippen LogP contribution in [0.1, 0.15) is 0 Å². The van der Waals surface area contributed by atoms with Crippen LogP contribution in [0.2, 0.25) is 5.02 Å². The lowest BCUT2D eigenvalue weighted by Gasteiger charge is -2.31. The molecule has 0 bridgehead atoms. The molecule has 0 aromatic heterocycles. The zero-order valence-corrected chi connectivity index (χ0v) is 13.5. The van der Waals surface area contributed by atoms with Gasteiger partial charge in [-0.25, -0.2) is 8.42 Å². The maximum Gasteiger partial charge on any atom is 0.268 e. The Morgan fingerprint density at radius 1 is 1.23 bits per heavy atom. The molecule has 3 rings (SSSR count). The molecule has 1 N–H and O–H groups in total. The fraction of sp³-hybridized carbons (Fsp3) is 0.200. The van der Waals surface area contributed by atoms with Crippen LogP contribution in [0.5, 0.6) is 5.75 Å². The second-order valence-corrected chi connectivity index (χ2v) is 7.08. The first-order chi connectivity index (χ1) is 10.5. The minimum absolute atomic E-state index is 0.0687. The molecule has 1 aliphatic rings. The van der Waals surface area contributed by atoms with E-state index in [0.717, 1.165) is 5.69 Å². The number of nitrogens with zero attached hydrogens (tertiary/aromatic N) is 1. The van der Waals surface area contributed by atoms with Crippen LogP contribution >= 0.6 is 11.6 Å². The molecule has 1 aliphatic heterocycles. The number of anilines is 2. The van der Waals surface area contributed by atoms with Crippen LogP contribution in [-0.4, -0.2) is 28.6 Å². The van der Waals surface area contributed by atoms with Crippen LogP contribution in [0.4, 0.5) is 11.4 Å². The average Bonchev–Trinajstić information content (AvgIpc) is 2.54. The molecule has 2 aromatic rings. The first-order valence-electron chi connectivity index (χ1n) is 6.73. The van der Waals surface area contributed by atoms with Gasteiger partial charge in [-0.15, -0.1) is 0 Å². The summed E-state index contributed by atoms with van der Waals surface area (Å²) >= 11 is 5.97. The summed E-state index contributed by atoms with van der Waals surface area (Å²) in [6, 6.07) is 11.9. The minimum atomic E-state index is -3.76. The number of methoxy groups -OCH3 is 1. The third-order valence-corrected chi connectivity index (χ3v) is 5.57. The van der Waals surface area contributed by atoms with E-state index in [2.05, 4.69) is 5.32 Å². The summed E-state index contributed by atoms with van der Waals surface area (Å²) in [7, 11) is -2.32. The Labute approximate surface area is 134 Å². The van der Waals surface area contributed by atoms with E-state index in [1.807, 2.05) is 18.2 Å². The number of halogens is 1. The lowest BCUT2D eigenvalue weighted by molar-refractivity contribution is 0.402. The summed E-state index contributed by atoms with van der Waals surface area (Å²) in [5.74, 6) is 0.278. The van der Waals surface area contributed by atoms with Gasteiger partial charge in [0.05, 0.1) is 25.0 Å². The molecule has 0 aliphatic carbocycles. The molecular weight excluding hydrogens is 324 g/mol. The number of rotatable bonds is 3. The van der Waals surface area contributed by atoms with Crippen molar-refractivity contribution in [2.24, 2.45) is 0 Å². The van der Waals surface area contributed by atoms with Gasteiger partial charge in [-0.3, -0.25) is 4.31 Å². The molecular formula is C15H15ClN2O3S. The van der Waals surface area contributed by atoms with Crippen LogP contribution < -0.4 is 14.4 Å². The Bertz CT molecular complexity index is 808.